The number of unbranched alkanes of at least 4 members (excludes halogenated alkanes) is 4. The van der Waals surface area contributed by atoms with Gasteiger partial charge in [0.15, 0.2) is 0 Å². The van der Waals surface area contributed by atoms with E-state index in [1.54, 1.807) is 4.72 Å². The van der Waals surface area contributed by atoms with Crippen molar-refractivity contribution in [2.75, 3.05) is 26.2 Å². The van der Waals surface area contributed by atoms with Crippen LogP contribution in [0.15, 0.2) is 0 Å². The predicted molar refractivity (Wildman–Crippen MR) is 130 cm³/mol. The first-order valence-electron chi connectivity index (χ1n) is 10.6. The zero-order chi connectivity index (χ0) is 28.8. The summed E-state index contributed by atoms with van der Waals surface area (Å²) in [5.41, 5.74) is 0. The zero-order valence-corrected chi connectivity index (χ0v) is 23.1. The Labute approximate surface area is 217 Å². The molecule has 0 saturated carbocycles. The van der Waals surface area contributed by atoms with Crippen molar-refractivity contribution >= 4 is 40.1 Å². The summed E-state index contributed by atoms with van der Waals surface area (Å²) in [5.74, 6) is 0. The number of hydrogen-bond acceptors (Lipinski definition) is 12. The lowest BCUT2D eigenvalue weighted by atomic mass is 10.1. The molecule has 0 aromatic heterocycles. The molecule has 0 amide bonds. The summed E-state index contributed by atoms with van der Waals surface area (Å²) in [5, 5.41) is 32.6. The molecule has 37 heavy (non-hydrogen) atoms. The molecule has 0 heterocycles. The second-order valence-electron chi connectivity index (χ2n) is 7.27. The lowest BCUT2D eigenvalue weighted by Crippen LogP contribution is -2.71. The number of nitrogens with zero attached hydrogens (tertiary/aromatic N) is 4. The maximum absolute atomic E-state index is 13.5. The molecule has 0 spiro atoms. The summed E-state index contributed by atoms with van der Waals surface area (Å²) >= 11 is 0. The van der Waals surface area contributed by atoms with Gasteiger partial charge in [-0.2, -0.15) is 35.2 Å². The zero-order valence-electron chi connectivity index (χ0n) is 19.8. The van der Waals surface area contributed by atoms with Crippen molar-refractivity contribution in [1.82, 2.24) is 18.9 Å². The van der Waals surface area contributed by atoms with Gasteiger partial charge in [-0.25, -0.2) is 38.4 Å². The molecular formula is C17H28N8O8S4. The van der Waals surface area contributed by atoms with Gasteiger partial charge < -0.3 is 0 Å². The van der Waals surface area contributed by atoms with Crippen LogP contribution in [0.2, 0.25) is 0 Å². The van der Waals surface area contributed by atoms with E-state index in [2.05, 4.69) is 0 Å². The van der Waals surface area contributed by atoms with Crippen LogP contribution in [0.25, 0.3) is 0 Å². The average Bonchev–Trinajstić information content (AvgIpc) is 2.82. The largest absolute Gasteiger partial charge is 0.330 e. The summed E-state index contributed by atoms with van der Waals surface area (Å²) in [6.45, 7) is -2.55. The minimum Gasteiger partial charge on any atom is -0.212 e. The summed E-state index contributed by atoms with van der Waals surface area (Å²) in [7, 11) is -22.9. The van der Waals surface area contributed by atoms with E-state index in [-0.39, 0.29) is 12.8 Å². The topological polar surface area (TPSA) is 280 Å². The number of sulfonamides is 4. The lowest BCUT2D eigenvalue weighted by molar-refractivity contribution is 0.496. The van der Waals surface area contributed by atoms with E-state index >= 15 is 0 Å². The Kier molecular flexibility index (Phi) is 14.1. The van der Waals surface area contributed by atoms with Crippen LogP contribution in [0.5, 0.6) is 0 Å². The van der Waals surface area contributed by atoms with Crippen molar-refractivity contribution in [1.29, 1.82) is 21.0 Å². The van der Waals surface area contributed by atoms with Gasteiger partial charge in [0.2, 0.25) is 10.0 Å². The van der Waals surface area contributed by atoms with Crippen molar-refractivity contribution in [3.63, 3.8) is 0 Å². The molecule has 1 unspecified atom stereocenters. The molecule has 16 nitrogen and oxygen atoms in total. The molecule has 0 radical (unpaired) electrons. The van der Waals surface area contributed by atoms with Crippen molar-refractivity contribution in [2.45, 2.75) is 54.1 Å². The first-order chi connectivity index (χ1) is 17.2. The second-order valence-corrected chi connectivity index (χ2v) is 15.8. The number of rotatable bonds is 19. The fraction of sp³-hybridized carbons (Fsp3) is 0.765. The number of nitriles is 4. The van der Waals surface area contributed by atoms with E-state index in [0.717, 1.165) is 6.42 Å². The highest BCUT2D eigenvalue weighted by Gasteiger charge is 2.72. The minimum atomic E-state index is -5.87. The Morgan fingerprint density at radius 3 is 1.30 bits per heavy atom. The van der Waals surface area contributed by atoms with Gasteiger partial charge in [0.05, 0.1) is 50.5 Å². The van der Waals surface area contributed by atoms with Crippen LogP contribution < -0.4 is 18.9 Å². The maximum atomic E-state index is 13.5. The highest BCUT2D eigenvalue weighted by molar-refractivity contribution is 8.25. The van der Waals surface area contributed by atoms with E-state index in [0.29, 0.717) is 12.8 Å². The first-order valence-corrected chi connectivity index (χ1v) is 16.6. The third-order valence-corrected chi connectivity index (χ3v) is 15.8. The van der Waals surface area contributed by atoms with Gasteiger partial charge in [-0.1, -0.05) is 39.0 Å². The lowest BCUT2D eigenvalue weighted by Gasteiger charge is -2.37. The average molecular weight is 601 g/mol. The molecule has 20 heteroatoms. The van der Waals surface area contributed by atoms with Crippen molar-refractivity contribution in [2.24, 2.45) is 0 Å². The number of nitrogens with one attached hydrogen (secondary N) is 4. The van der Waals surface area contributed by atoms with Gasteiger partial charge in [0.1, 0.15) is 5.25 Å². The van der Waals surface area contributed by atoms with E-state index in [9.17, 15) is 33.7 Å². The molecule has 0 aliphatic rings. The molecular weight excluding hydrogens is 573 g/mol. The molecule has 0 fully saturated rings. The van der Waals surface area contributed by atoms with E-state index in [4.69, 9.17) is 21.0 Å². The summed E-state index contributed by atoms with van der Waals surface area (Å²) in [6.07, 6.45) is 1.24. The van der Waals surface area contributed by atoms with E-state index in [1.165, 1.54) is 38.4 Å². The monoisotopic (exact) mass is 600 g/mol. The third-order valence-electron chi connectivity index (χ3n) is 4.84. The number of hydrogen-bond donors (Lipinski definition) is 4. The van der Waals surface area contributed by atoms with Crippen molar-refractivity contribution in [3.8, 4) is 24.3 Å². The SMILES string of the molecule is CCCCCCCC(C(S(=O)(=O)NCC#N)(S(=O)(=O)NCC#N)S(=O)(=O)NCC#N)S(=O)(=O)NCC#N. The molecule has 0 aromatic carbocycles. The van der Waals surface area contributed by atoms with Gasteiger partial charge in [0, 0.05) is 0 Å². The molecule has 0 saturated heterocycles. The minimum absolute atomic E-state index is 0.158. The molecule has 0 aliphatic heterocycles. The van der Waals surface area contributed by atoms with Gasteiger partial charge in [-0.3, -0.25) is 0 Å². The molecule has 4 N–H and O–H groups in total. The van der Waals surface area contributed by atoms with Crippen LogP contribution in [0.4, 0.5) is 0 Å². The van der Waals surface area contributed by atoms with Gasteiger partial charge >= 0.3 is 3.41 Å². The van der Waals surface area contributed by atoms with Crippen LogP contribution in [0.3, 0.4) is 0 Å². The maximum Gasteiger partial charge on any atom is 0.330 e. The van der Waals surface area contributed by atoms with Crippen LogP contribution in [-0.2, 0) is 40.1 Å². The van der Waals surface area contributed by atoms with Crippen LogP contribution >= 0.6 is 0 Å². The van der Waals surface area contributed by atoms with Crippen LogP contribution in [-0.4, -0.2) is 68.5 Å². The second kappa shape index (κ2) is 15.1. The Morgan fingerprint density at radius 2 is 0.946 bits per heavy atom. The van der Waals surface area contributed by atoms with E-state index in [1.807, 2.05) is 6.92 Å². The molecule has 208 valence electrons. The molecule has 0 rings (SSSR count). The smallest absolute Gasteiger partial charge is 0.212 e. The predicted octanol–water partition coefficient (Wildman–Crippen LogP) is -1.86. The van der Waals surface area contributed by atoms with Crippen LogP contribution in [0, 0.1) is 45.3 Å². The fourth-order valence-electron chi connectivity index (χ4n) is 3.32. The highest BCUT2D eigenvalue weighted by Crippen LogP contribution is 2.39. The van der Waals surface area contributed by atoms with Gasteiger partial charge in [-0.05, 0) is 6.42 Å². The fourth-order valence-corrected chi connectivity index (χ4v) is 14.2. The quantitative estimate of drug-likeness (QED) is 0.0938. The third kappa shape index (κ3) is 8.29. The molecule has 0 aliphatic carbocycles. The molecule has 0 bridgehead atoms. The highest BCUT2D eigenvalue weighted by atomic mass is 32.3. The Hall–Kier alpha value is -2.40. The Morgan fingerprint density at radius 1 is 0.595 bits per heavy atom. The van der Waals surface area contributed by atoms with Gasteiger partial charge in [0.25, 0.3) is 30.1 Å². The Bertz CT molecular complexity index is 1250. The summed E-state index contributed by atoms with van der Waals surface area (Å²) in [6, 6.07) is 5.41. The Balaban J connectivity index is 7.76. The first kappa shape index (κ1) is 34.6. The molecule has 0 aromatic rings. The normalized spacial score (nSPS) is 13.5. The molecule has 1 atom stereocenters. The summed E-state index contributed by atoms with van der Waals surface area (Å²) < 4.78 is 109. The van der Waals surface area contributed by atoms with Gasteiger partial charge in [-0.15, -0.1) is 0 Å². The van der Waals surface area contributed by atoms with Crippen molar-refractivity contribution in [3.05, 3.63) is 0 Å². The van der Waals surface area contributed by atoms with Crippen LogP contribution in [0.1, 0.15) is 45.4 Å². The van der Waals surface area contributed by atoms with Crippen molar-refractivity contribution < 1.29 is 33.7 Å². The standard InChI is InChI=1S/C17H28N8O8S4/c1-2-3-4-5-6-7-16(34(26,27)22-12-8-18)17(35(28,29)23-13-9-19,36(30,31)24-14-10-20)37(32,33)25-15-11-21/h16,22-25H,2-7,12-15H2,1H3. The van der Waals surface area contributed by atoms with E-state index < -0.39 is 81.4 Å². The summed E-state index contributed by atoms with van der Waals surface area (Å²) in [4.78, 5) is 0.